The molecule has 3 atom stereocenters. The molecule has 1 aromatic carbocycles. The van der Waals surface area contributed by atoms with E-state index < -0.39 is 0 Å². The van der Waals surface area contributed by atoms with Crippen molar-refractivity contribution in [3.8, 4) is 0 Å². The van der Waals surface area contributed by atoms with Crippen LogP contribution in [0.3, 0.4) is 0 Å². The molecule has 1 heterocycles. The first kappa shape index (κ1) is 13.0. The fourth-order valence-corrected chi connectivity index (χ4v) is 3.85. The van der Waals surface area contributed by atoms with Crippen molar-refractivity contribution >= 4 is 11.8 Å². The van der Waals surface area contributed by atoms with Crippen LogP contribution in [0.4, 0.5) is 0 Å². The molecule has 2 rings (SSSR count). The van der Waals surface area contributed by atoms with Crippen LogP contribution < -0.4 is 5.32 Å². The maximum absolute atomic E-state index is 3.72. The molecule has 0 saturated carbocycles. The van der Waals surface area contributed by atoms with Gasteiger partial charge < -0.3 is 5.32 Å². The van der Waals surface area contributed by atoms with Crippen molar-refractivity contribution in [3.63, 3.8) is 0 Å². The first-order valence-corrected chi connectivity index (χ1v) is 7.52. The van der Waals surface area contributed by atoms with E-state index in [-0.39, 0.29) is 0 Å². The van der Waals surface area contributed by atoms with Crippen LogP contribution in [0.25, 0.3) is 0 Å². The van der Waals surface area contributed by atoms with Crippen LogP contribution in [0.15, 0.2) is 23.1 Å². The summed E-state index contributed by atoms with van der Waals surface area (Å²) in [6, 6.07) is 7.25. The van der Waals surface area contributed by atoms with Crippen molar-refractivity contribution in [1.29, 1.82) is 0 Å². The van der Waals surface area contributed by atoms with Crippen LogP contribution in [0.2, 0.25) is 0 Å². The molecule has 17 heavy (non-hydrogen) atoms. The topological polar surface area (TPSA) is 12.0 Å². The highest BCUT2D eigenvalue weighted by atomic mass is 32.2. The Labute approximate surface area is 109 Å². The summed E-state index contributed by atoms with van der Waals surface area (Å²) in [5.41, 5.74) is 2.93. The summed E-state index contributed by atoms with van der Waals surface area (Å²) in [5, 5.41) is 4.41. The molecular formula is C15H23NS. The van der Waals surface area contributed by atoms with E-state index in [1.807, 2.05) is 11.8 Å². The lowest BCUT2D eigenvalue weighted by atomic mass is 9.90. The molecule has 3 unspecified atom stereocenters. The van der Waals surface area contributed by atoms with Gasteiger partial charge in [-0.3, -0.25) is 0 Å². The van der Waals surface area contributed by atoms with Crippen molar-refractivity contribution in [2.24, 2.45) is 5.92 Å². The van der Waals surface area contributed by atoms with E-state index in [9.17, 15) is 0 Å². The number of thioether (sulfide) groups is 1. The third-order valence-corrected chi connectivity index (χ3v) is 5.36. The smallest absolute Gasteiger partial charge is 0.0367 e. The monoisotopic (exact) mass is 249 g/mol. The Morgan fingerprint density at radius 1 is 1.29 bits per heavy atom. The highest BCUT2D eigenvalue weighted by molar-refractivity contribution is 8.00. The van der Waals surface area contributed by atoms with Gasteiger partial charge in [-0.15, -0.1) is 11.8 Å². The Hall–Kier alpha value is -0.470. The summed E-state index contributed by atoms with van der Waals surface area (Å²) >= 11 is 2.04. The van der Waals surface area contributed by atoms with E-state index in [4.69, 9.17) is 0 Å². The van der Waals surface area contributed by atoms with Gasteiger partial charge in [-0.05, 0) is 36.9 Å². The van der Waals surface area contributed by atoms with E-state index in [1.54, 1.807) is 0 Å². The van der Waals surface area contributed by atoms with E-state index in [0.717, 1.165) is 6.54 Å². The van der Waals surface area contributed by atoms with Gasteiger partial charge in [0, 0.05) is 16.2 Å². The number of aryl methyl sites for hydroxylation is 1. The van der Waals surface area contributed by atoms with Crippen LogP contribution in [0.5, 0.6) is 0 Å². The minimum absolute atomic E-state index is 0.529. The van der Waals surface area contributed by atoms with Crippen molar-refractivity contribution < 1.29 is 0 Å². The largest absolute Gasteiger partial charge is 0.310 e. The van der Waals surface area contributed by atoms with Crippen LogP contribution in [-0.4, -0.2) is 11.8 Å². The molecular weight excluding hydrogens is 226 g/mol. The first-order chi connectivity index (χ1) is 8.15. The first-order valence-electron chi connectivity index (χ1n) is 6.64. The number of nitrogens with one attached hydrogen (secondary N) is 1. The van der Waals surface area contributed by atoms with Gasteiger partial charge >= 0.3 is 0 Å². The van der Waals surface area contributed by atoms with Gasteiger partial charge in [0.2, 0.25) is 0 Å². The quantitative estimate of drug-likeness (QED) is 0.863. The summed E-state index contributed by atoms with van der Waals surface area (Å²) < 4.78 is 0. The van der Waals surface area contributed by atoms with Gasteiger partial charge in [-0.1, -0.05) is 39.0 Å². The fourth-order valence-electron chi connectivity index (χ4n) is 2.52. The zero-order valence-electron chi connectivity index (χ0n) is 11.3. The van der Waals surface area contributed by atoms with Crippen LogP contribution >= 0.6 is 11.8 Å². The predicted octanol–water partition coefficient (Wildman–Crippen LogP) is 4.17. The third-order valence-electron chi connectivity index (χ3n) is 3.76. The number of fused-ring (bicyclic) bond motifs is 1. The van der Waals surface area contributed by atoms with E-state index in [0.29, 0.717) is 17.2 Å². The molecule has 2 heteroatoms. The molecule has 0 fully saturated rings. The van der Waals surface area contributed by atoms with Gasteiger partial charge in [0.15, 0.2) is 0 Å². The standard InChI is InChI=1S/C15H23NS/c1-5-9-16-14-11(3)12(4)17-15-10(2)7-6-8-13(14)15/h6-8,11-12,14,16H,5,9H2,1-4H3. The Morgan fingerprint density at radius 2 is 2.06 bits per heavy atom. The molecule has 0 amide bonds. The Balaban J connectivity index is 2.35. The molecule has 0 aliphatic carbocycles. The fraction of sp³-hybridized carbons (Fsp3) is 0.600. The van der Waals surface area contributed by atoms with Gasteiger partial charge in [0.05, 0.1) is 0 Å². The lowest BCUT2D eigenvalue weighted by Gasteiger charge is -2.37. The molecule has 1 N–H and O–H groups in total. The lowest BCUT2D eigenvalue weighted by Crippen LogP contribution is -2.35. The number of rotatable bonds is 3. The number of hydrogen-bond acceptors (Lipinski definition) is 2. The van der Waals surface area contributed by atoms with Gasteiger partial charge in [0.25, 0.3) is 0 Å². The van der Waals surface area contributed by atoms with Crippen molar-refractivity contribution in [1.82, 2.24) is 5.32 Å². The van der Waals surface area contributed by atoms with Crippen molar-refractivity contribution in [3.05, 3.63) is 29.3 Å². The number of benzene rings is 1. The Morgan fingerprint density at radius 3 is 2.76 bits per heavy atom. The molecule has 1 aliphatic heterocycles. The molecule has 1 nitrogen and oxygen atoms in total. The van der Waals surface area contributed by atoms with Crippen molar-refractivity contribution in [2.45, 2.75) is 50.3 Å². The summed E-state index contributed by atoms with van der Waals surface area (Å²) in [7, 11) is 0. The molecule has 0 saturated heterocycles. The predicted molar refractivity (Wildman–Crippen MR) is 76.7 cm³/mol. The average molecular weight is 249 g/mol. The van der Waals surface area contributed by atoms with E-state index in [2.05, 4.69) is 51.2 Å². The van der Waals surface area contributed by atoms with E-state index in [1.165, 1.54) is 22.4 Å². The second-order valence-electron chi connectivity index (χ2n) is 5.11. The van der Waals surface area contributed by atoms with Crippen LogP contribution in [0.1, 0.15) is 44.4 Å². The highest BCUT2D eigenvalue weighted by Gasteiger charge is 2.32. The normalized spacial score (nSPS) is 27.9. The number of hydrogen-bond donors (Lipinski definition) is 1. The van der Waals surface area contributed by atoms with E-state index >= 15 is 0 Å². The van der Waals surface area contributed by atoms with Crippen molar-refractivity contribution in [2.75, 3.05) is 6.54 Å². The third kappa shape index (κ3) is 2.53. The zero-order valence-corrected chi connectivity index (χ0v) is 12.1. The molecule has 94 valence electrons. The minimum atomic E-state index is 0.529. The minimum Gasteiger partial charge on any atom is -0.310 e. The SMILES string of the molecule is CCCNC1c2cccc(C)c2SC(C)C1C. The lowest BCUT2D eigenvalue weighted by molar-refractivity contribution is 0.373. The molecule has 1 aromatic rings. The van der Waals surface area contributed by atoms with Gasteiger partial charge in [-0.2, -0.15) is 0 Å². The summed E-state index contributed by atoms with van der Waals surface area (Å²) in [6.07, 6.45) is 1.20. The second kappa shape index (κ2) is 5.45. The maximum atomic E-state index is 3.72. The highest BCUT2D eigenvalue weighted by Crippen LogP contribution is 2.45. The van der Waals surface area contributed by atoms with Crippen LogP contribution in [-0.2, 0) is 0 Å². The molecule has 0 spiro atoms. The summed E-state index contributed by atoms with van der Waals surface area (Å²) in [6.45, 7) is 10.3. The Kier molecular flexibility index (Phi) is 4.16. The average Bonchev–Trinajstić information content (AvgIpc) is 2.31. The van der Waals surface area contributed by atoms with Crippen LogP contribution in [0, 0.1) is 12.8 Å². The molecule has 0 bridgehead atoms. The molecule has 0 aromatic heterocycles. The zero-order chi connectivity index (χ0) is 12.4. The Bertz CT molecular complexity index is 389. The van der Waals surface area contributed by atoms with Gasteiger partial charge in [-0.25, -0.2) is 0 Å². The van der Waals surface area contributed by atoms with Gasteiger partial charge in [0.1, 0.15) is 0 Å². The second-order valence-corrected chi connectivity index (χ2v) is 6.49. The summed E-state index contributed by atoms with van der Waals surface area (Å²) in [5.74, 6) is 0.695. The summed E-state index contributed by atoms with van der Waals surface area (Å²) in [4.78, 5) is 1.51. The maximum Gasteiger partial charge on any atom is 0.0367 e. The molecule has 0 radical (unpaired) electrons. The molecule has 1 aliphatic rings.